The largest absolute Gasteiger partial charge is 0.504 e. The van der Waals surface area contributed by atoms with E-state index >= 15 is 0 Å². The number of hydrogen-bond acceptors (Lipinski definition) is 5. The summed E-state index contributed by atoms with van der Waals surface area (Å²) in [5.74, 6) is 1.01. The summed E-state index contributed by atoms with van der Waals surface area (Å²) < 4.78 is 9.63. The first kappa shape index (κ1) is 16.4. The van der Waals surface area contributed by atoms with E-state index in [4.69, 9.17) is 14.6 Å². The molecule has 0 radical (unpaired) electrons. The van der Waals surface area contributed by atoms with Crippen LogP contribution >= 0.6 is 0 Å². The second-order valence-electron chi connectivity index (χ2n) is 4.11. The van der Waals surface area contributed by atoms with E-state index in [1.807, 2.05) is 0 Å². The number of ether oxygens (including phenoxy) is 2. The third kappa shape index (κ3) is 4.72. The topological polar surface area (TPSA) is 76.0 Å². The summed E-state index contributed by atoms with van der Waals surface area (Å²) in [6.07, 6.45) is 0. The van der Waals surface area contributed by atoms with Gasteiger partial charge in [0.1, 0.15) is 0 Å². The Hall–Kier alpha value is -2.69. The van der Waals surface area contributed by atoms with Gasteiger partial charge in [-0.25, -0.2) is 0 Å². The molecule has 5 nitrogen and oxygen atoms in total. The Labute approximate surface area is 123 Å². The summed E-state index contributed by atoms with van der Waals surface area (Å²) in [4.78, 5) is 10.9. The number of benzene rings is 2. The Bertz CT molecular complexity index is 607. The molecule has 0 aliphatic rings. The highest BCUT2D eigenvalue weighted by Crippen LogP contribution is 2.26. The van der Waals surface area contributed by atoms with Crippen molar-refractivity contribution >= 4 is 5.78 Å². The zero-order valence-electron chi connectivity index (χ0n) is 12.2. The molecule has 2 N–H and O–H groups in total. The van der Waals surface area contributed by atoms with Crippen LogP contribution in [0, 0.1) is 0 Å². The van der Waals surface area contributed by atoms with E-state index in [1.165, 1.54) is 33.3 Å². The van der Waals surface area contributed by atoms with Gasteiger partial charge in [0.25, 0.3) is 0 Å². The van der Waals surface area contributed by atoms with Crippen LogP contribution in [0.2, 0.25) is 0 Å². The third-order valence-corrected chi connectivity index (χ3v) is 2.67. The van der Waals surface area contributed by atoms with Crippen LogP contribution in [0.3, 0.4) is 0 Å². The molecule has 0 saturated heterocycles. The van der Waals surface area contributed by atoms with Gasteiger partial charge in [0.2, 0.25) is 0 Å². The zero-order valence-corrected chi connectivity index (χ0v) is 12.2. The number of ketones is 1. The second kappa shape index (κ2) is 7.79. The highest BCUT2D eigenvalue weighted by molar-refractivity contribution is 5.94. The summed E-state index contributed by atoms with van der Waals surface area (Å²) in [6, 6.07) is 11.3. The molecule has 0 atom stereocenters. The molecule has 2 aromatic rings. The lowest BCUT2D eigenvalue weighted by Gasteiger charge is -2.03. The lowest BCUT2D eigenvalue weighted by molar-refractivity contribution is 0.101. The molecule has 0 bridgehead atoms. The summed E-state index contributed by atoms with van der Waals surface area (Å²) >= 11 is 0. The quantitative estimate of drug-likeness (QED) is 0.850. The first-order chi connectivity index (χ1) is 9.99. The van der Waals surface area contributed by atoms with Gasteiger partial charge in [0, 0.05) is 5.56 Å². The fourth-order valence-electron chi connectivity index (χ4n) is 1.53. The van der Waals surface area contributed by atoms with Gasteiger partial charge in [-0.05, 0) is 37.3 Å². The molecule has 0 aliphatic carbocycles. The first-order valence-electron chi connectivity index (χ1n) is 6.19. The molecule has 0 fully saturated rings. The minimum absolute atomic E-state index is 0.0440. The van der Waals surface area contributed by atoms with Crippen LogP contribution in [0.1, 0.15) is 17.3 Å². The maximum absolute atomic E-state index is 10.9. The SMILES string of the molecule is COc1cc(C(C)=O)ccc1O.COc1ccccc1O. The number of phenolic OH excluding ortho intramolecular Hbond substituents is 2. The number of aromatic hydroxyl groups is 2. The average Bonchev–Trinajstić information content (AvgIpc) is 2.48. The number of hydrogen-bond donors (Lipinski definition) is 2. The van der Waals surface area contributed by atoms with Crippen LogP contribution < -0.4 is 9.47 Å². The highest BCUT2D eigenvalue weighted by Gasteiger charge is 2.04. The van der Waals surface area contributed by atoms with E-state index in [0.717, 1.165) is 0 Å². The van der Waals surface area contributed by atoms with Crippen LogP contribution in [0.4, 0.5) is 0 Å². The summed E-state index contributed by atoms with van der Waals surface area (Å²) in [6.45, 7) is 1.46. The minimum atomic E-state index is -0.0479. The Balaban J connectivity index is 0.000000219. The van der Waals surface area contributed by atoms with Gasteiger partial charge in [0.15, 0.2) is 28.8 Å². The van der Waals surface area contributed by atoms with Crippen molar-refractivity contribution in [3.8, 4) is 23.0 Å². The molecule has 21 heavy (non-hydrogen) atoms. The van der Waals surface area contributed by atoms with Crippen molar-refractivity contribution < 1.29 is 24.5 Å². The van der Waals surface area contributed by atoms with Crippen LogP contribution in [0.5, 0.6) is 23.0 Å². The van der Waals surface area contributed by atoms with Crippen molar-refractivity contribution in [3.63, 3.8) is 0 Å². The standard InChI is InChI=1S/C9H10O3.C7H8O2/c1-6(10)7-3-4-8(11)9(5-7)12-2;1-9-7-5-3-2-4-6(7)8/h3-5,11H,1-2H3;2-5,8H,1H3. The minimum Gasteiger partial charge on any atom is -0.504 e. The number of rotatable bonds is 3. The Morgan fingerprint density at radius 3 is 1.95 bits per heavy atom. The van der Waals surface area contributed by atoms with Crippen molar-refractivity contribution in [1.82, 2.24) is 0 Å². The van der Waals surface area contributed by atoms with E-state index in [0.29, 0.717) is 17.1 Å². The molecule has 0 aliphatic heterocycles. The molecule has 0 unspecified atom stereocenters. The fourth-order valence-corrected chi connectivity index (χ4v) is 1.53. The molecule has 0 saturated carbocycles. The molecular weight excluding hydrogens is 272 g/mol. The molecule has 2 aromatic carbocycles. The lowest BCUT2D eigenvalue weighted by atomic mass is 10.1. The zero-order chi connectivity index (χ0) is 15.8. The Kier molecular flexibility index (Phi) is 6.07. The van der Waals surface area contributed by atoms with E-state index in [1.54, 1.807) is 30.3 Å². The van der Waals surface area contributed by atoms with Gasteiger partial charge in [-0.2, -0.15) is 0 Å². The Morgan fingerprint density at radius 1 is 0.905 bits per heavy atom. The predicted octanol–water partition coefficient (Wildman–Crippen LogP) is 3.00. The Morgan fingerprint density at radius 2 is 1.48 bits per heavy atom. The fraction of sp³-hybridized carbons (Fsp3) is 0.188. The second-order valence-corrected chi connectivity index (χ2v) is 4.11. The molecule has 112 valence electrons. The molecule has 5 heteroatoms. The number of para-hydroxylation sites is 2. The maximum atomic E-state index is 10.9. The van der Waals surface area contributed by atoms with E-state index in [9.17, 15) is 9.90 Å². The number of carbonyl (C=O) groups is 1. The molecule has 2 rings (SSSR count). The summed E-state index contributed by atoms with van der Waals surface area (Å²) in [7, 11) is 2.97. The van der Waals surface area contributed by atoms with Gasteiger partial charge < -0.3 is 19.7 Å². The van der Waals surface area contributed by atoms with Crippen LogP contribution in [0.25, 0.3) is 0 Å². The average molecular weight is 290 g/mol. The number of Topliss-reactive ketones (excluding diaryl/α,β-unsaturated/α-hetero) is 1. The van der Waals surface area contributed by atoms with Gasteiger partial charge in [-0.15, -0.1) is 0 Å². The number of methoxy groups -OCH3 is 2. The lowest BCUT2D eigenvalue weighted by Crippen LogP contribution is -1.92. The molecule has 0 heterocycles. The smallest absolute Gasteiger partial charge is 0.161 e. The van der Waals surface area contributed by atoms with Crippen LogP contribution in [-0.4, -0.2) is 30.2 Å². The number of carbonyl (C=O) groups excluding carboxylic acids is 1. The first-order valence-corrected chi connectivity index (χ1v) is 6.19. The molecule has 0 aromatic heterocycles. The number of phenols is 2. The van der Waals surface area contributed by atoms with E-state index in [2.05, 4.69) is 0 Å². The van der Waals surface area contributed by atoms with Crippen molar-refractivity contribution in [3.05, 3.63) is 48.0 Å². The van der Waals surface area contributed by atoms with Crippen molar-refractivity contribution in [2.75, 3.05) is 14.2 Å². The highest BCUT2D eigenvalue weighted by atomic mass is 16.5. The van der Waals surface area contributed by atoms with E-state index in [-0.39, 0.29) is 17.3 Å². The molecule has 0 amide bonds. The van der Waals surface area contributed by atoms with Crippen molar-refractivity contribution in [2.24, 2.45) is 0 Å². The van der Waals surface area contributed by atoms with E-state index < -0.39 is 0 Å². The van der Waals surface area contributed by atoms with Crippen LogP contribution in [0.15, 0.2) is 42.5 Å². The summed E-state index contributed by atoms with van der Waals surface area (Å²) in [5, 5.41) is 18.2. The molecule has 0 spiro atoms. The van der Waals surface area contributed by atoms with Gasteiger partial charge >= 0.3 is 0 Å². The van der Waals surface area contributed by atoms with Crippen molar-refractivity contribution in [1.29, 1.82) is 0 Å². The summed E-state index contributed by atoms with van der Waals surface area (Å²) in [5.41, 5.74) is 0.532. The van der Waals surface area contributed by atoms with Gasteiger partial charge in [-0.1, -0.05) is 12.1 Å². The monoisotopic (exact) mass is 290 g/mol. The van der Waals surface area contributed by atoms with Crippen LogP contribution in [-0.2, 0) is 0 Å². The normalized spacial score (nSPS) is 9.29. The maximum Gasteiger partial charge on any atom is 0.161 e. The molecular formula is C16H18O5. The third-order valence-electron chi connectivity index (χ3n) is 2.67. The van der Waals surface area contributed by atoms with Crippen molar-refractivity contribution in [2.45, 2.75) is 6.92 Å². The predicted molar refractivity (Wildman–Crippen MR) is 79.3 cm³/mol. The van der Waals surface area contributed by atoms with Gasteiger partial charge in [0.05, 0.1) is 14.2 Å². The van der Waals surface area contributed by atoms with Gasteiger partial charge in [-0.3, -0.25) is 4.79 Å².